The van der Waals surface area contributed by atoms with Gasteiger partial charge < -0.3 is 15.2 Å². The summed E-state index contributed by atoms with van der Waals surface area (Å²) in [7, 11) is 0. The van der Waals surface area contributed by atoms with Gasteiger partial charge in [0.15, 0.2) is 0 Å². The first-order valence-corrected chi connectivity index (χ1v) is 9.53. The van der Waals surface area contributed by atoms with Crippen LogP contribution in [-0.4, -0.2) is 28.7 Å². The highest BCUT2D eigenvalue weighted by atomic mass is 79.9. The van der Waals surface area contributed by atoms with E-state index >= 15 is 0 Å². The third kappa shape index (κ3) is 2.14. The second-order valence-electron chi connectivity index (χ2n) is 6.44. The Morgan fingerprint density at radius 3 is 2.77 bits per heavy atom. The van der Waals surface area contributed by atoms with Crippen LogP contribution in [0.1, 0.15) is 30.4 Å². The fourth-order valence-corrected chi connectivity index (χ4v) is 4.91. The average Bonchev–Trinajstić information content (AvgIpc) is 2.91. The Hall–Kier alpha value is -0.590. The summed E-state index contributed by atoms with van der Waals surface area (Å²) in [6.45, 7) is 5.18. The second-order valence-corrected chi connectivity index (χ2v) is 8.03. The molecule has 2 aromatic rings. The number of imidazole rings is 1. The van der Waals surface area contributed by atoms with E-state index in [4.69, 9.17) is 10.7 Å². The maximum atomic E-state index is 6.18. The number of hydrogen-bond acceptors (Lipinski definition) is 3. The Bertz CT molecular complexity index is 753. The zero-order valence-electron chi connectivity index (χ0n) is 12.7. The molecule has 0 unspecified atom stereocenters. The SMILES string of the molecule is Cc1c(Br)c(Br)c2c3c1nc(N1CCC[C@H](N)C1)n3CCC2. The summed E-state index contributed by atoms with van der Waals surface area (Å²) >= 11 is 7.50. The zero-order valence-corrected chi connectivity index (χ0v) is 15.9. The fourth-order valence-electron chi connectivity index (χ4n) is 3.80. The number of piperidine rings is 1. The summed E-state index contributed by atoms with van der Waals surface area (Å²) in [6, 6.07) is 0.268. The first kappa shape index (κ1) is 15.0. The number of nitrogens with zero attached hydrogens (tertiary/aromatic N) is 3. The number of anilines is 1. The minimum absolute atomic E-state index is 0.268. The summed E-state index contributed by atoms with van der Waals surface area (Å²) in [6.07, 6.45) is 4.56. The minimum Gasteiger partial charge on any atom is -0.341 e. The molecule has 0 bridgehead atoms. The van der Waals surface area contributed by atoms with Gasteiger partial charge in [0.2, 0.25) is 5.95 Å². The fraction of sp³-hybridized carbons (Fsp3) is 0.562. The second kappa shape index (κ2) is 5.49. The number of hydrogen-bond donors (Lipinski definition) is 1. The Kier molecular flexibility index (Phi) is 3.74. The van der Waals surface area contributed by atoms with Crippen molar-refractivity contribution in [2.24, 2.45) is 5.73 Å². The lowest BCUT2D eigenvalue weighted by Crippen LogP contribution is -2.44. The van der Waals surface area contributed by atoms with Crippen molar-refractivity contribution in [3.05, 3.63) is 20.1 Å². The van der Waals surface area contributed by atoms with Crippen LogP contribution in [-0.2, 0) is 13.0 Å². The minimum atomic E-state index is 0.268. The van der Waals surface area contributed by atoms with E-state index in [1.54, 1.807) is 0 Å². The van der Waals surface area contributed by atoms with Gasteiger partial charge in [-0.25, -0.2) is 4.98 Å². The number of rotatable bonds is 1. The molecule has 0 aliphatic carbocycles. The third-order valence-corrected chi connectivity index (χ3v) is 7.32. The zero-order chi connectivity index (χ0) is 15.4. The Balaban J connectivity index is 1.95. The average molecular weight is 428 g/mol. The van der Waals surface area contributed by atoms with Gasteiger partial charge in [-0.05, 0) is 75.6 Å². The van der Waals surface area contributed by atoms with Crippen molar-refractivity contribution in [2.75, 3.05) is 18.0 Å². The molecule has 1 aromatic heterocycles. The molecule has 3 heterocycles. The van der Waals surface area contributed by atoms with Crippen LogP contribution in [0.25, 0.3) is 11.0 Å². The van der Waals surface area contributed by atoms with Gasteiger partial charge in [0.25, 0.3) is 0 Å². The van der Waals surface area contributed by atoms with Gasteiger partial charge in [0.05, 0.1) is 11.0 Å². The van der Waals surface area contributed by atoms with E-state index in [-0.39, 0.29) is 6.04 Å². The summed E-state index contributed by atoms with van der Waals surface area (Å²) in [5.41, 5.74) is 11.2. The standard InChI is InChI=1S/C16H20Br2N4/c1-9-12(17)13(18)11-5-3-7-22-15(11)14(9)20-16(22)21-6-2-4-10(19)8-21/h10H,2-8,19H2,1H3/t10-/m0/s1. The molecular formula is C16H20Br2N4. The molecule has 118 valence electrons. The van der Waals surface area contributed by atoms with Crippen molar-refractivity contribution in [1.29, 1.82) is 0 Å². The van der Waals surface area contributed by atoms with Crippen LogP contribution >= 0.6 is 31.9 Å². The Morgan fingerprint density at radius 1 is 1.18 bits per heavy atom. The molecule has 1 aromatic carbocycles. The molecule has 2 N–H and O–H groups in total. The van der Waals surface area contributed by atoms with Gasteiger partial charge in [0.1, 0.15) is 0 Å². The molecule has 0 radical (unpaired) electrons. The molecule has 6 heteroatoms. The van der Waals surface area contributed by atoms with Crippen molar-refractivity contribution in [3.8, 4) is 0 Å². The number of halogens is 2. The summed E-state index contributed by atoms with van der Waals surface area (Å²) in [4.78, 5) is 7.41. The normalized spacial score (nSPS) is 21.6. The molecule has 2 aliphatic rings. The van der Waals surface area contributed by atoms with Crippen LogP contribution in [0, 0.1) is 6.92 Å². The van der Waals surface area contributed by atoms with Crippen LogP contribution in [0.15, 0.2) is 8.95 Å². The highest BCUT2D eigenvalue weighted by Gasteiger charge is 2.28. The molecule has 1 fully saturated rings. The lowest BCUT2D eigenvalue weighted by atomic mass is 10.0. The Morgan fingerprint density at radius 2 is 2.00 bits per heavy atom. The van der Waals surface area contributed by atoms with Crippen molar-refractivity contribution in [1.82, 2.24) is 9.55 Å². The molecule has 1 atom stereocenters. The smallest absolute Gasteiger partial charge is 0.206 e. The van der Waals surface area contributed by atoms with Crippen molar-refractivity contribution < 1.29 is 0 Å². The summed E-state index contributed by atoms with van der Waals surface area (Å²) in [5, 5.41) is 0. The van der Waals surface area contributed by atoms with Crippen LogP contribution in [0.5, 0.6) is 0 Å². The van der Waals surface area contributed by atoms with E-state index in [1.807, 2.05) is 0 Å². The maximum Gasteiger partial charge on any atom is 0.206 e. The van der Waals surface area contributed by atoms with E-state index in [0.717, 1.165) is 54.8 Å². The number of aryl methyl sites for hydroxylation is 3. The predicted molar refractivity (Wildman–Crippen MR) is 97.6 cm³/mol. The molecule has 22 heavy (non-hydrogen) atoms. The first-order valence-electron chi connectivity index (χ1n) is 7.95. The lowest BCUT2D eigenvalue weighted by Gasteiger charge is -2.32. The monoisotopic (exact) mass is 426 g/mol. The summed E-state index contributed by atoms with van der Waals surface area (Å²) in [5.74, 6) is 1.11. The molecule has 0 spiro atoms. The van der Waals surface area contributed by atoms with E-state index in [9.17, 15) is 0 Å². The van der Waals surface area contributed by atoms with Crippen molar-refractivity contribution >= 4 is 48.8 Å². The van der Waals surface area contributed by atoms with Gasteiger partial charge in [-0.2, -0.15) is 0 Å². The van der Waals surface area contributed by atoms with Gasteiger partial charge in [-0.15, -0.1) is 0 Å². The highest BCUT2D eigenvalue weighted by molar-refractivity contribution is 9.13. The molecule has 2 aliphatic heterocycles. The highest BCUT2D eigenvalue weighted by Crippen LogP contribution is 2.41. The lowest BCUT2D eigenvalue weighted by molar-refractivity contribution is 0.490. The molecule has 4 nitrogen and oxygen atoms in total. The number of benzene rings is 1. The van der Waals surface area contributed by atoms with Crippen molar-refractivity contribution in [2.45, 2.75) is 45.2 Å². The van der Waals surface area contributed by atoms with Gasteiger partial charge >= 0.3 is 0 Å². The third-order valence-electron chi connectivity index (χ3n) is 4.92. The van der Waals surface area contributed by atoms with Gasteiger partial charge in [-0.3, -0.25) is 0 Å². The van der Waals surface area contributed by atoms with Crippen molar-refractivity contribution in [3.63, 3.8) is 0 Å². The first-order chi connectivity index (χ1) is 10.6. The molecule has 1 saturated heterocycles. The molecule has 0 amide bonds. The van der Waals surface area contributed by atoms with E-state index in [0.29, 0.717) is 0 Å². The number of nitrogens with two attached hydrogens (primary N) is 1. The predicted octanol–water partition coefficient (Wildman–Crippen LogP) is 3.74. The van der Waals surface area contributed by atoms with E-state index in [2.05, 4.69) is 48.3 Å². The topological polar surface area (TPSA) is 47.1 Å². The van der Waals surface area contributed by atoms with Crippen LogP contribution in [0.4, 0.5) is 5.95 Å². The van der Waals surface area contributed by atoms with Gasteiger partial charge in [-0.1, -0.05) is 0 Å². The largest absolute Gasteiger partial charge is 0.341 e. The number of aromatic nitrogens is 2. The maximum absolute atomic E-state index is 6.18. The quantitative estimate of drug-likeness (QED) is 0.753. The van der Waals surface area contributed by atoms with Gasteiger partial charge in [0, 0.05) is 34.6 Å². The molecule has 4 rings (SSSR count). The van der Waals surface area contributed by atoms with Crippen LogP contribution < -0.4 is 10.6 Å². The molecular weight excluding hydrogens is 408 g/mol. The van der Waals surface area contributed by atoms with Crippen LogP contribution in [0.2, 0.25) is 0 Å². The Labute approximate surface area is 147 Å². The van der Waals surface area contributed by atoms with Crippen LogP contribution in [0.3, 0.4) is 0 Å². The summed E-state index contributed by atoms with van der Waals surface area (Å²) < 4.78 is 4.75. The molecule has 0 saturated carbocycles. The van der Waals surface area contributed by atoms with E-state index in [1.165, 1.54) is 27.5 Å². The van der Waals surface area contributed by atoms with E-state index < -0.39 is 0 Å².